The molecule has 8 nitrogen and oxygen atoms in total. The molecule has 1 saturated heterocycles. The van der Waals surface area contributed by atoms with E-state index in [-0.39, 0.29) is 0 Å². The van der Waals surface area contributed by atoms with Crippen LogP contribution in [0.3, 0.4) is 0 Å². The van der Waals surface area contributed by atoms with Gasteiger partial charge in [-0.3, -0.25) is 0 Å². The van der Waals surface area contributed by atoms with E-state index in [1.807, 2.05) is 48.5 Å². The number of morpholine rings is 1. The maximum Gasteiger partial charge on any atom is 0.232 e. The molecule has 0 amide bonds. The Morgan fingerprint density at radius 1 is 0.886 bits per heavy atom. The number of benzene rings is 2. The number of rotatable bonds is 9. The first-order valence-electron chi connectivity index (χ1n) is 12.0. The fraction of sp³-hybridized carbons (Fsp3) is 0.333. The van der Waals surface area contributed by atoms with E-state index in [1.165, 1.54) is 0 Å². The molecule has 4 aromatic rings. The molecule has 35 heavy (non-hydrogen) atoms. The summed E-state index contributed by atoms with van der Waals surface area (Å²) >= 11 is 0. The van der Waals surface area contributed by atoms with Crippen LogP contribution in [-0.2, 0) is 4.74 Å². The molecule has 0 bridgehead atoms. The SMILES string of the molecule is COc1ccc(-c2oc3ncnc(NCCC[NH+]4CCOCC4)c3c2-c2ccc(OC)cc2)cc1. The van der Waals surface area contributed by atoms with Crippen molar-refractivity contribution >= 4 is 16.9 Å². The van der Waals surface area contributed by atoms with Crippen LogP contribution in [0, 0.1) is 0 Å². The average molecular weight is 476 g/mol. The number of fused-ring (bicyclic) bond motifs is 1. The van der Waals surface area contributed by atoms with Crippen LogP contribution in [0.1, 0.15) is 6.42 Å². The van der Waals surface area contributed by atoms with Gasteiger partial charge in [0.2, 0.25) is 5.71 Å². The van der Waals surface area contributed by atoms with Crippen molar-refractivity contribution < 1.29 is 23.5 Å². The van der Waals surface area contributed by atoms with Crippen LogP contribution in [0.2, 0.25) is 0 Å². The second kappa shape index (κ2) is 10.8. The summed E-state index contributed by atoms with van der Waals surface area (Å²) in [4.78, 5) is 10.6. The molecule has 1 aliphatic rings. The van der Waals surface area contributed by atoms with Gasteiger partial charge in [-0.05, 0) is 42.0 Å². The molecule has 0 unspecified atom stereocenters. The largest absolute Gasteiger partial charge is 0.497 e. The van der Waals surface area contributed by atoms with Gasteiger partial charge in [-0.15, -0.1) is 0 Å². The van der Waals surface area contributed by atoms with Crippen LogP contribution < -0.4 is 19.7 Å². The summed E-state index contributed by atoms with van der Waals surface area (Å²) in [6.45, 7) is 5.78. The molecule has 2 N–H and O–H groups in total. The summed E-state index contributed by atoms with van der Waals surface area (Å²) < 4.78 is 22.5. The molecular formula is C27H31N4O4+. The van der Waals surface area contributed by atoms with Gasteiger partial charge in [-0.1, -0.05) is 12.1 Å². The Morgan fingerprint density at radius 3 is 2.20 bits per heavy atom. The minimum Gasteiger partial charge on any atom is -0.497 e. The van der Waals surface area contributed by atoms with Gasteiger partial charge in [0.25, 0.3) is 0 Å². The van der Waals surface area contributed by atoms with Crippen molar-refractivity contribution in [3.63, 3.8) is 0 Å². The molecule has 2 aromatic heterocycles. The van der Waals surface area contributed by atoms with Crippen molar-refractivity contribution in [2.45, 2.75) is 6.42 Å². The van der Waals surface area contributed by atoms with E-state index in [2.05, 4.69) is 15.3 Å². The Labute approximate surface area is 204 Å². The fourth-order valence-electron chi connectivity index (χ4n) is 4.50. The van der Waals surface area contributed by atoms with Crippen LogP contribution in [0.5, 0.6) is 11.5 Å². The van der Waals surface area contributed by atoms with Crippen LogP contribution in [0.15, 0.2) is 59.3 Å². The summed E-state index contributed by atoms with van der Waals surface area (Å²) in [5, 5.41) is 4.42. The minimum atomic E-state index is 0.554. The molecule has 0 spiro atoms. The Kier molecular flexibility index (Phi) is 7.11. The molecule has 0 saturated carbocycles. The lowest BCUT2D eigenvalue weighted by Crippen LogP contribution is -3.14. The number of nitrogens with one attached hydrogen (secondary N) is 2. The number of quaternary nitrogens is 1. The second-order valence-electron chi connectivity index (χ2n) is 8.56. The van der Waals surface area contributed by atoms with Gasteiger partial charge in [0.1, 0.15) is 42.5 Å². The van der Waals surface area contributed by atoms with E-state index in [0.717, 1.165) is 91.0 Å². The molecule has 0 radical (unpaired) electrons. The lowest BCUT2D eigenvalue weighted by Gasteiger charge is -2.23. The molecular weight excluding hydrogens is 444 g/mol. The molecule has 0 atom stereocenters. The summed E-state index contributed by atoms with van der Waals surface area (Å²) in [6.07, 6.45) is 2.60. The van der Waals surface area contributed by atoms with Crippen molar-refractivity contribution in [2.24, 2.45) is 0 Å². The fourth-order valence-corrected chi connectivity index (χ4v) is 4.50. The minimum absolute atomic E-state index is 0.554. The summed E-state index contributed by atoms with van der Waals surface area (Å²) in [5.74, 6) is 3.11. The Hall–Kier alpha value is -3.62. The molecule has 2 aromatic carbocycles. The lowest BCUT2D eigenvalue weighted by atomic mass is 9.99. The van der Waals surface area contributed by atoms with Crippen LogP contribution in [0.4, 0.5) is 5.82 Å². The molecule has 3 heterocycles. The number of methoxy groups -OCH3 is 2. The topological polar surface area (TPSA) is 83.1 Å². The predicted molar refractivity (Wildman–Crippen MR) is 135 cm³/mol. The van der Waals surface area contributed by atoms with Crippen LogP contribution in [-0.4, -0.2) is 63.6 Å². The number of hydrogen-bond acceptors (Lipinski definition) is 7. The van der Waals surface area contributed by atoms with Crippen molar-refractivity contribution in [1.29, 1.82) is 0 Å². The van der Waals surface area contributed by atoms with Gasteiger partial charge in [0.15, 0.2) is 0 Å². The molecule has 1 fully saturated rings. The molecule has 1 aliphatic heterocycles. The number of ether oxygens (including phenoxy) is 3. The third-order valence-corrected chi connectivity index (χ3v) is 6.42. The van der Waals surface area contributed by atoms with Gasteiger partial charge < -0.3 is 28.8 Å². The van der Waals surface area contributed by atoms with Crippen molar-refractivity contribution in [1.82, 2.24) is 9.97 Å². The quantitative estimate of drug-likeness (QED) is 0.360. The maximum atomic E-state index is 6.33. The lowest BCUT2D eigenvalue weighted by molar-refractivity contribution is -0.908. The van der Waals surface area contributed by atoms with Crippen LogP contribution >= 0.6 is 0 Å². The number of anilines is 1. The molecule has 0 aliphatic carbocycles. The zero-order chi connectivity index (χ0) is 24.0. The Bertz CT molecular complexity index is 1250. The van der Waals surface area contributed by atoms with Gasteiger partial charge in [-0.2, -0.15) is 0 Å². The van der Waals surface area contributed by atoms with E-state index in [0.29, 0.717) is 5.71 Å². The standard InChI is InChI=1S/C27H30N4O4/c1-32-21-8-4-19(5-9-21)23-24-26(28-12-3-13-31-14-16-34-17-15-31)29-18-30-27(24)35-25(23)20-6-10-22(33-2)11-7-20/h4-11,18H,3,12-17H2,1-2H3,(H,28,29,30)/p+1. The molecule has 8 heteroatoms. The van der Waals surface area contributed by atoms with E-state index < -0.39 is 0 Å². The van der Waals surface area contributed by atoms with Gasteiger partial charge in [0.05, 0.1) is 39.4 Å². The Balaban J connectivity index is 1.49. The smallest absolute Gasteiger partial charge is 0.232 e. The number of aromatic nitrogens is 2. The van der Waals surface area contributed by atoms with Crippen molar-refractivity contribution in [2.75, 3.05) is 58.9 Å². The first-order chi connectivity index (χ1) is 17.3. The summed E-state index contributed by atoms with van der Waals surface area (Å²) in [6, 6.07) is 15.8. The molecule has 5 rings (SSSR count). The zero-order valence-corrected chi connectivity index (χ0v) is 20.2. The summed E-state index contributed by atoms with van der Waals surface area (Å²) in [5.41, 5.74) is 3.45. The van der Waals surface area contributed by atoms with Crippen LogP contribution in [0.25, 0.3) is 33.6 Å². The van der Waals surface area contributed by atoms with Gasteiger partial charge in [0, 0.05) is 24.1 Å². The van der Waals surface area contributed by atoms with Crippen molar-refractivity contribution in [3.05, 3.63) is 54.9 Å². The van der Waals surface area contributed by atoms with E-state index in [4.69, 9.17) is 18.6 Å². The molecule has 182 valence electrons. The first kappa shape index (κ1) is 23.1. The van der Waals surface area contributed by atoms with Gasteiger partial charge >= 0.3 is 0 Å². The first-order valence-corrected chi connectivity index (χ1v) is 12.0. The highest BCUT2D eigenvalue weighted by Gasteiger charge is 2.22. The summed E-state index contributed by atoms with van der Waals surface area (Å²) in [7, 11) is 3.33. The highest BCUT2D eigenvalue weighted by molar-refractivity contribution is 6.05. The Morgan fingerprint density at radius 2 is 1.54 bits per heavy atom. The van der Waals surface area contributed by atoms with E-state index in [9.17, 15) is 0 Å². The van der Waals surface area contributed by atoms with Crippen molar-refractivity contribution in [3.8, 4) is 33.9 Å². The monoisotopic (exact) mass is 475 g/mol. The predicted octanol–water partition coefficient (Wildman–Crippen LogP) is 3.29. The van der Waals surface area contributed by atoms with E-state index >= 15 is 0 Å². The second-order valence-corrected chi connectivity index (χ2v) is 8.56. The number of hydrogen-bond donors (Lipinski definition) is 2. The zero-order valence-electron chi connectivity index (χ0n) is 20.2. The third kappa shape index (κ3) is 5.08. The highest BCUT2D eigenvalue weighted by atomic mass is 16.5. The van der Waals surface area contributed by atoms with E-state index in [1.54, 1.807) is 25.4 Å². The maximum absolute atomic E-state index is 6.33. The highest BCUT2D eigenvalue weighted by Crippen LogP contribution is 2.43. The third-order valence-electron chi connectivity index (χ3n) is 6.42. The number of nitrogens with zero attached hydrogens (tertiary/aromatic N) is 2. The normalized spacial score (nSPS) is 14.2. The number of furan rings is 1. The average Bonchev–Trinajstić information content (AvgIpc) is 3.32. The van der Waals surface area contributed by atoms with Gasteiger partial charge in [-0.25, -0.2) is 9.97 Å².